The van der Waals surface area contributed by atoms with Gasteiger partial charge in [0.05, 0.1) is 0 Å². The second kappa shape index (κ2) is 6.76. The lowest BCUT2D eigenvalue weighted by Gasteiger charge is -2.42. The lowest BCUT2D eigenvalue weighted by Crippen LogP contribution is -2.27. The van der Waals surface area contributed by atoms with E-state index in [2.05, 4.69) is 0 Å². The molecule has 0 aromatic carbocycles. The van der Waals surface area contributed by atoms with Crippen molar-refractivity contribution in [1.82, 2.24) is 0 Å². The van der Waals surface area contributed by atoms with Crippen LogP contribution in [-0.4, -0.2) is 28.0 Å². The van der Waals surface area contributed by atoms with Crippen molar-refractivity contribution in [2.75, 3.05) is 0 Å². The van der Waals surface area contributed by atoms with Crippen LogP contribution in [0, 0.1) is 0 Å². The maximum atomic E-state index is 14.8. The Morgan fingerprint density at radius 2 is 0.765 bits per heavy atom. The molecule has 0 aromatic rings. The largest absolute Gasteiger partial charge is 0.281 e. The molecule has 4 heteroatoms. The van der Waals surface area contributed by atoms with Gasteiger partial charge in [0.1, 0.15) is 0 Å². The molecular formula is C13H28F2P2. The topological polar surface area (TPSA) is 0 Å². The fraction of sp³-hybridized carbons (Fsp3) is 1.00. The maximum absolute atomic E-state index is 14.8. The molecule has 0 spiro atoms. The predicted molar refractivity (Wildman–Crippen MR) is 79.3 cm³/mol. The van der Waals surface area contributed by atoms with Crippen LogP contribution in [0.3, 0.4) is 0 Å². The van der Waals surface area contributed by atoms with Crippen LogP contribution < -0.4 is 0 Å². The van der Waals surface area contributed by atoms with E-state index >= 15 is 0 Å². The van der Waals surface area contributed by atoms with E-state index in [1.165, 1.54) is 0 Å². The summed E-state index contributed by atoms with van der Waals surface area (Å²) in [5.41, 5.74) is 0.398. The van der Waals surface area contributed by atoms with Crippen molar-refractivity contribution in [2.24, 2.45) is 0 Å². The Kier molecular flexibility index (Phi) is 7.05. The predicted octanol–water partition coefficient (Wildman–Crippen LogP) is 6.13. The van der Waals surface area contributed by atoms with Crippen LogP contribution in [0.1, 0.15) is 55.4 Å². The van der Waals surface area contributed by atoms with Gasteiger partial charge in [-0.05, 0) is 38.5 Å². The van der Waals surface area contributed by atoms with Crippen molar-refractivity contribution >= 4 is 15.8 Å². The first-order valence-corrected chi connectivity index (χ1v) is 9.44. The van der Waals surface area contributed by atoms with Gasteiger partial charge in [-0.1, -0.05) is 55.4 Å². The van der Waals surface area contributed by atoms with E-state index in [4.69, 9.17) is 0 Å². The minimum absolute atomic E-state index is 0.0995. The van der Waals surface area contributed by atoms with Crippen LogP contribution >= 0.6 is 15.8 Å². The lowest BCUT2D eigenvalue weighted by molar-refractivity contribution is 0.191. The summed E-state index contributed by atoms with van der Waals surface area (Å²) in [6, 6.07) is 0. The molecule has 0 nitrogen and oxygen atoms in total. The summed E-state index contributed by atoms with van der Waals surface area (Å²) < 4.78 is 29.6. The molecule has 0 heterocycles. The highest BCUT2D eigenvalue weighted by Crippen LogP contribution is 2.75. The van der Waals surface area contributed by atoms with E-state index < -0.39 is 21.2 Å². The third-order valence-electron chi connectivity index (χ3n) is 2.85. The summed E-state index contributed by atoms with van der Waals surface area (Å²) in [7, 11) is -2.46. The van der Waals surface area contributed by atoms with E-state index in [0.717, 1.165) is 0 Å². The number of hydrogen-bond acceptors (Lipinski definition) is 0. The molecule has 0 unspecified atom stereocenters. The van der Waals surface area contributed by atoms with Gasteiger partial charge in [0.2, 0.25) is 0 Å². The zero-order valence-electron chi connectivity index (χ0n) is 12.5. The second-order valence-electron chi connectivity index (χ2n) is 5.70. The standard InChI is InChI=1S/C13H28F2P2/c1-9(2)16(10(3)4)13(14,15)17(11(5)6)12(7)8/h9-12H,1-8H3. The van der Waals surface area contributed by atoms with Crippen molar-refractivity contribution in [3.05, 3.63) is 0 Å². The molecule has 0 aliphatic heterocycles. The minimum Gasteiger partial charge on any atom is -0.197 e. The van der Waals surface area contributed by atoms with Crippen LogP contribution in [0.2, 0.25) is 0 Å². The highest BCUT2D eigenvalue weighted by molar-refractivity contribution is 7.77. The Hall–Kier alpha value is 0.720. The highest BCUT2D eigenvalue weighted by Gasteiger charge is 2.50. The minimum atomic E-state index is -2.45. The van der Waals surface area contributed by atoms with Gasteiger partial charge < -0.3 is 0 Å². The second-order valence-corrected chi connectivity index (χ2v) is 12.9. The van der Waals surface area contributed by atoms with Gasteiger partial charge in [0.15, 0.2) is 0 Å². The quantitative estimate of drug-likeness (QED) is 0.514. The average Bonchev–Trinajstić information content (AvgIpc) is 1.96. The van der Waals surface area contributed by atoms with Crippen molar-refractivity contribution in [2.45, 2.75) is 83.4 Å². The third-order valence-corrected chi connectivity index (χ3v) is 9.93. The lowest BCUT2D eigenvalue weighted by atomic mass is 10.5. The van der Waals surface area contributed by atoms with Gasteiger partial charge in [-0.25, -0.2) is 0 Å². The Morgan fingerprint density at radius 3 is 0.882 bits per heavy atom. The molecule has 104 valence electrons. The summed E-state index contributed by atoms with van der Waals surface area (Å²) in [5, 5.41) is -2.45. The van der Waals surface area contributed by atoms with Crippen LogP contribution in [0.5, 0.6) is 0 Å². The molecule has 0 atom stereocenters. The Balaban J connectivity index is 5.30. The zero-order valence-corrected chi connectivity index (χ0v) is 14.2. The monoisotopic (exact) mass is 284 g/mol. The van der Waals surface area contributed by atoms with Gasteiger partial charge in [-0.15, -0.1) is 0 Å². The van der Waals surface area contributed by atoms with Crippen molar-refractivity contribution in [1.29, 1.82) is 0 Å². The Morgan fingerprint density at radius 1 is 0.588 bits per heavy atom. The molecule has 0 aliphatic carbocycles. The van der Waals surface area contributed by atoms with Crippen molar-refractivity contribution in [3.63, 3.8) is 0 Å². The molecule has 0 aliphatic rings. The first-order valence-electron chi connectivity index (χ1n) is 6.48. The first kappa shape index (κ1) is 17.7. The Labute approximate surface area is 108 Å². The van der Waals surface area contributed by atoms with Crippen molar-refractivity contribution in [3.8, 4) is 0 Å². The van der Waals surface area contributed by atoms with Gasteiger partial charge in [-0.3, -0.25) is 0 Å². The molecule has 0 N–H and O–H groups in total. The van der Waals surface area contributed by atoms with Crippen LogP contribution in [0.25, 0.3) is 0 Å². The van der Waals surface area contributed by atoms with E-state index in [0.29, 0.717) is 0 Å². The number of hydrogen-bond donors (Lipinski definition) is 0. The molecule has 17 heavy (non-hydrogen) atoms. The average molecular weight is 284 g/mol. The SMILES string of the molecule is CC(C)P(C(C)C)C(F)(F)P(C(C)C)C(C)C. The fourth-order valence-electron chi connectivity index (χ4n) is 2.57. The van der Waals surface area contributed by atoms with Gasteiger partial charge in [0, 0.05) is 0 Å². The molecule has 0 radical (unpaired) electrons. The summed E-state index contributed by atoms with van der Waals surface area (Å²) in [6.45, 7) is 15.6. The maximum Gasteiger partial charge on any atom is 0.281 e. The van der Waals surface area contributed by atoms with Gasteiger partial charge >= 0.3 is 0 Å². The van der Waals surface area contributed by atoms with Crippen LogP contribution in [0.4, 0.5) is 8.78 Å². The summed E-state index contributed by atoms with van der Waals surface area (Å²) in [6.07, 6.45) is 0. The molecule has 0 saturated heterocycles. The van der Waals surface area contributed by atoms with Gasteiger partial charge in [-0.2, -0.15) is 8.78 Å². The summed E-state index contributed by atoms with van der Waals surface area (Å²) >= 11 is 0. The molecule has 0 amide bonds. The molecule has 0 aromatic heterocycles. The molecule has 0 fully saturated rings. The van der Waals surface area contributed by atoms with E-state index in [-0.39, 0.29) is 22.6 Å². The van der Waals surface area contributed by atoms with Gasteiger partial charge in [0.25, 0.3) is 5.40 Å². The van der Waals surface area contributed by atoms with E-state index in [1.807, 2.05) is 55.4 Å². The number of rotatable bonds is 6. The summed E-state index contributed by atoms with van der Waals surface area (Å²) in [4.78, 5) is 0. The number of halogens is 2. The smallest absolute Gasteiger partial charge is 0.197 e. The van der Waals surface area contributed by atoms with Crippen LogP contribution in [-0.2, 0) is 0 Å². The third kappa shape index (κ3) is 4.39. The van der Waals surface area contributed by atoms with Crippen LogP contribution in [0.15, 0.2) is 0 Å². The van der Waals surface area contributed by atoms with Crippen molar-refractivity contribution < 1.29 is 8.78 Å². The normalized spacial score (nSPS) is 14.1. The molecule has 0 bridgehead atoms. The summed E-state index contributed by atoms with van der Waals surface area (Å²) in [5.74, 6) is 0. The molecule has 0 saturated carbocycles. The van der Waals surface area contributed by atoms with E-state index in [9.17, 15) is 8.78 Å². The van der Waals surface area contributed by atoms with E-state index in [1.54, 1.807) is 0 Å². The highest BCUT2D eigenvalue weighted by atomic mass is 31.2. The first-order chi connectivity index (χ1) is 7.53. The molecular weight excluding hydrogens is 256 g/mol. The fourth-order valence-corrected chi connectivity index (χ4v) is 11.3. The number of alkyl halides is 2. The Bertz CT molecular complexity index is 187. The zero-order chi connectivity index (χ0) is 14.0. The molecule has 0 rings (SSSR count).